The minimum Gasteiger partial charge on any atom is -0.361 e. The van der Waals surface area contributed by atoms with Crippen molar-refractivity contribution in [2.24, 2.45) is 0 Å². The maximum Gasteiger partial charge on any atom is 0.398 e. The Hall–Kier alpha value is -2.35. The van der Waals surface area contributed by atoms with E-state index >= 15 is 0 Å². The van der Waals surface area contributed by atoms with Crippen molar-refractivity contribution in [1.82, 2.24) is 25.1 Å². The number of fused-ring (bicyclic) bond motifs is 2. The topological polar surface area (TPSA) is 58.5 Å². The summed E-state index contributed by atoms with van der Waals surface area (Å²) in [5.41, 5.74) is 2.19. The SMILES string of the molecule is FC(F)(F)[C@@H]1CCCn2c(CNCc3cccc4[nH]ccc34)nnc21. The fourth-order valence-corrected chi connectivity index (χ4v) is 3.49. The van der Waals surface area contributed by atoms with Crippen LogP contribution in [0.4, 0.5) is 13.2 Å². The third kappa shape index (κ3) is 3.02. The van der Waals surface area contributed by atoms with Crippen LogP contribution in [0.1, 0.15) is 36.0 Å². The molecule has 0 aliphatic carbocycles. The number of alkyl halides is 3. The lowest BCUT2D eigenvalue weighted by molar-refractivity contribution is -0.156. The number of nitrogens with one attached hydrogen (secondary N) is 2. The zero-order valence-corrected chi connectivity index (χ0v) is 13.5. The third-order valence-corrected chi connectivity index (χ3v) is 4.72. The molecule has 0 unspecified atom stereocenters. The van der Waals surface area contributed by atoms with Crippen molar-refractivity contribution in [3.63, 3.8) is 0 Å². The highest BCUT2D eigenvalue weighted by atomic mass is 19.4. The number of H-pyrrole nitrogens is 1. The van der Waals surface area contributed by atoms with Gasteiger partial charge in [0.25, 0.3) is 0 Å². The van der Waals surface area contributed by atoms with Crippen molar-refractivity contribution in [2.75, 3.05) is 0 Å². The molecule has 1 aromatic carbocycles. The van der Waals surface area contributed by atoms with Crippen LogP contribution in [0, 0.1) is 0 Å². The van der Waals surface area contributed by atoms with Crippen LogP contribution >= 0.6 is 0 Å². The Morgan fingerprint density at radius 3 is 2.92 bits per heavy atom. The number of hydrogen-bond acceptors (Lipinski definition) is 3. The molecule has 0 bridgehead atoms. The van der Waals surface area contributed by atoms with Gasteiger partial charge in [-0.25, -0.2) is 0 Å². The summed E-state index contributed by atoms with van der Waals surface area (Å²) in [4.78, 5) is 3.16. The van der Waals surface area contributed by atoms with Crippen LogP contribution in [-0.4, -0.2) is 25.9 Å². The monoisotopic (exact) mass is 349 g/mol. The second-order valence-corrected chi connectivity index (χ2v) is 6.32. The van der Waals surface area contributed by atoms with Crippen molar-refractivity contribution < 1.29 is 13.2 Å². The summed E-state index contributed by atoms with van der Waals surface area (Å²) in [6, 6.07) is 8.02. The molecule has 1 aliphatic rings. The van der Waals surface area contributed by atoms with E-state index in [1.54, 1.807) is 4.57 Å². The predicted molar refractivity (Wildman–Crippen MR) is 86.9 cm³/mol. The normalized spacial score (nSPS) is 17.8. The smallest absolute Gasteiger partial charge is 0.361 e. The van der Waals surface area contributed by atoms with E-state index in [1.165, 1.54) is 0 Å². The van der Waals surface area contributed by atoms with Crippen LogP contribution in [0.25, 0.3) is 10.9 Å². The zero-order chi connectivity index (χ0) is 17.4. The van der Waals surface area contributed by atoms with Crippen LogP contribution in [0.5, 0.6) is 0 Å². The Bertz CT molecular complexity index is 880. The lowest BCUT2D eigenvalue weighted by Gasteiger charge is -2.25. The fourth-order valence-electron chi connectivity index (χ4n) is 3.49. The van der Waals surface area contributed by atoms with Gasteiger partial charge in [-0.05, 0) is 30.5 Å². The molecule has 3 heterocycles. The second kappa shape index (κ2) is 6.18. The molecule has 8 heteroatoms. The molecule has 132 valence electrons. The van der Waals surface area contributed by atoms with Gasteiger partial charge in [0.15, 0.2) is 0 Å². The van der Waals surface area contributed by atoms with Crippen molar-refractivity contribution in [1.29, 1.82) is 0 Å². The highest BCUT2D eigenvalue weighted by Gasteiger charge is 2.45. The highest BCUT2D eigenvalue weighted by molar-refractivity contribution is 5.82. The Balaban J connectivity index is 1.48. The minimum absolute atomic E-state index is 0.0447. The van der Waals surface area contributed by atoms with Gasteiger partial charge in [-0.1, -0.05) is 12.1 Å². The van der Waals surface area contributed by atoms with Gasteiger partial charge in [-0.3, -0.25) is 0 Å². The maximum absolute atomic E-state index is 13.1. The molecule has 1 atom stereocenters. The molecular weight excluding hydrogens is 331 g/mol. The van der Waals surface area contributed by atoms with Crippen molar-refractivity contribution in [3.05, 3.63) is 47.7 Å². The third-order valence-electron chi connectivity index (χ3n) is 4.72. The molecule has 0 fully saturated rings. The molecule has 0 saturated heterocycles. The van der Waals surface area contributed by atoms with Crippen LogP contribution in [0.2, 0.25) is 0 Å². The zero-order valence-electron chi connectivity index (χ0n) is 13.5. The molecule has 2 N–H and O–H groups in total. The number of nitrogens with zero attached hydrogens (tertiary/aromatic N) is 3. The van der Waals surface area contributed by atoms with Gasteiger partial charge in [0.1, 0.15) is 17.6 Å². The second-order valence-electron chi connectivity index (χ2n) is 6.32. The molecule has 5 nitrogen and oxygen atoms in total. The van der Waals surface area contributed by atoms with Crippen LogP contribution < -0.4 is 5.32 Å². The van der Waals surface area contributed by atoms with Gasteiger partial charge in [0, 0.05) is 30.2 Å². The lowest BCUT2D eigenvalue weighted by atomic mass is 9.98. The van der Waals surface area contributed by atoms with Gasteiger partial charge in [0.05, 0.1) is 6.54 Å². The first-order valence-corrected chi connectivity index (χ1v) is 8.28. The highest BCUT2D eigenvalue weighted by Crippen LogP contribution is 2.40. The summed E-state index contributed by atoms with van der Waals surface area (Å²) in [6.45, 7) is 1.54. The van der Waals surface area contributed by atoms with E-state index in [4.69, 9.17) is 0 Å². The number of halogens is 3. The minimum atomic E-state index is -4.26. The summed E-state index contributed by atoms with van der Waals surface area (Å²) in [5, 5.41) is 12.2. The fraction of sp³-hybridized carbons (Fsp3) is 0.412. The first kappa shape index (κ1) is 16.1. The number of benzene rings is 1. The van der Waals surface area contributed by atoms with Gasteiger partial charge in [-0.15, -0.1) is 10.2 Å². The maximum atomic E-state index is 13.1. The lowest BCUT2D eigenvalue weighted by Crippen LogP contribution is -2.29. The first-order chi connectivity index (χ1) is 12.0. The average molecular weight is 349 g/mol. The van der Waals surface area contributed by atoms with Gasteiger partial charge >= 0.3 is 6.18 Å². The van der Waals surface area contributed by atoms with Crippen LogP contribution in [-0.2, 0) is 19.6 Å². The Kier molecular flexibility index (Phi) is 3.99. The largest absolute Gasteiger partial charge is 0.398 e. The summed E-state index contributed by atoms with van der Waals surface area (Å²) in [7, 11) is 0. The molecule has 0 amide bonds. The van der Waals surface area contributed by atoms with E-state index in [0.717, 1.165) is 16.5 Å². The van der Waals surface area contributed by atoms with Crippen molar-refractivity contribution in [2.45, 2.75) is 44.6 Å². The summed E-state index contributed by atoms with van der Waals surface area (Å²) < 4.78 is 41.0. The molecular formula is C17H18F3N5. The van der Waals surface area contributed by atoms with E-state index in [9.17, 15) is 13.2 Å². The number of aromatic nitrogens is 4. The molecule has 1 aliphatic heterocycles. The standard InChI is InChI=1S/C17H18F3N5/c18-17(19,20)13-4-2-8-25-15(23-24-16(13)25)10-21-9-11-3-1-5-14-12(11)6-7-22-14/h1,3,5-7,13,21-22H,2,4,8-10H2/t13-/m1/s1. The molecule has 2 aromatic heterocycles. The van der Waals surface area contributed by atoms with E-state index in [1.807, 2.05) is 30.5 Å². The summed E-state index contributed by atoms with van der Waals surface area (Å²) >= 11 is 0. The van der Waals surface area contributed by atoms with E-state index in [0.29, 0.717) is 31.9 Å². The molecule has 3 aromatic rings. The Morgan fingerprint density at radius 2 is 2.08 bits per heavy atom. The van der Waals surface area contributed by atoms with Crippen LogP contribution in [0.15, 0.2) is 30.5 Å². The van der Waals surface area contributed by atoms with Gasteiger partial charge < -0.3 is 14.9 Å². The Morgan fingerprint density at radius 1 is 1.20 bits per heavy atom. The summed E-state index contributed by atoms with van der Waals surface area (Å²) in [5.74, 6) is -0.899. The first-order valence-electron chi connectivity index (χ1n) is 8.28. The molecule has 4 rings (SSSR count). The Labute approximate surface area is 142 Å². The van der Waals surface area contributed by atoms with Gasteiger partial charge in [-0.2, -0.15) is 13.2 Å². The quantitative estimate of drug-likeness (QED) is 0.758. The number of rotatable bonds is 4. The average Bonchev–Trinajstić information content (AvgIpc) is 3.21. The van der Waals surface area contributed by atoms with Gasteiger partial charge in [0.2, 0.25) is 0 Å². The molecule has 25 heavy (non-hydrogen) atoms. The van der Waals surface area contributed by atoms with Crippen LogP contribution in [0.3, 0.4) is 0 Å². The number of hydrogen-bond donors (Lipinski definition) is 2. The van der Waals surface area contributed by atoms with E-state index in [-0.39, 0.29) is 12.2 Å². The summed E-state index contributed by atoms with van der Waals surface area (Å²) in [6.07, 6.45) is -1.80. The molecule has 0 radical (unpaired) electrons. The van der Waals surface area contributed by atoms with Crippen molar-refractivity contribution >= 4 is 10.9 Å². The van der Waals surface area contributed by atoms with E-state index < -0.39 is 12.1 Å². The molecule has 0 spiro atoms. The van der Waals surface area contributed by atoms with E-state index in [2.05, 4.69) is 20.5 Å². The number of aromatic amines is 1. The predicted octanol–water partition coefficient (Wildman–Crippen LogP) is 3.49. The van der Waals surface area contributed by atoms with Crippen molar-refractivity contribution in [3.8, 4) is 0 Å². The molecule has 0 saturated carbocycles.